The molecule has 1 N–H and O–H groups in total. The van der Waals surface area contributed by atoms with Crippen LogP contribution in [0.1, 0.15) is 40.5 Å². The molecule has 27 heavy (non-hydrogen) atoms. The van der Waals surface area contributed by atoms with Crippen LogP contribution in [0.3, 0.4) is 0 Å². The van der Waals surface area contributed by atoms with Gasteiger partial charge in [0, 0.05) is 33.3 Å². The number of likely N-dealkylation sites (N-methyl/N-ethyl adjacent to an activating group) is 1. The first-order chi connectivity index (χ1) is 12.9. The minimum absolute atomic E-state index is 0.245. The highest BCUT2D eigenvalue weighted by Gasteiger charge is 2.48. The van der Waals surface area contributed by atoms with E-state index in [1.165, 1.54) is 0 Å². The Hall–Kier alpha value is -1.67. The quantitative estimate of drug-likeness (QED) is 0.585. The largest absolute Gasteiger partial charge is 0.383 e. The molecule has 0 bridgehead atoms. The standard InChI is InChI=1S/C19H35N5O3/c1-6-8-9-24-17-16(18(25)21-19(24)26)23(7-2)15(20-17)13-22(10-11-27-5)12-14(3)4/h14,16-17H,6-13H2,1-5H3,(H,21,25,26). The van der Waals surface area contributed by atoms with Crippen LogP contribution in [0.15, 0.2) is 4.99 Å². The Morgan fingerprint density at radius 1 is 1.26 bits per heavy atom. The molecule has 0 aromatic carbocycles. The van der Waals surface area contributed by atoms with Gasteiger partial charge in [-0.15, -0.1) is 0 Å². The molecule has 0 aromatic rings. The number of urea groups is 1. The van der Waals surface area contributed by atoms with E-state index >= 15 is 0 Å². The second-order valence-electron chi connectivity index (χ2n) is 7.65. The monoisotopic (exact) mass is 381 g/mol. The lowest BCUT2D eigenvalue weighted by Gasteiger charge is -2.38. The lowest BCUT2D eigenvalue weighted by atomic mass is 10.1. The smallest absolute Gasteiger partial charge is 0.325 e. The van der Waals surface area contributed by atoms with E-state index in [9.17, 15) is 9.59 Å². The van der Waals surface area contributed by atoms with Crippen molar-refractivity contribution in [2.24, 2.45) is 10.9 Å². The summed E-state index contributed by atoms with van der Waals surface area (Å²) in [6.07, 6.45) is 1.47. The Morgan fingerprint density at radius 3 is 2.59 bits per heavy atom. The summed E-state index contributed by atoms with van der Waals surface area (Å²) in [7, 11) is 1.70. The number of nitrogens with zero attached hydrogens (tertiary/aromatic N) is 4. The predicted octanol–water partition coefficient (Wildman–Crippen LogP) is 1.37. The van der Waals surface area contributed by atoms with Gasteiger partial charge < -0.3 is 9.64 Å². The SMILES string of the molecule is CCCCN1C(=O)NC(=O)C2C1N=C(CN(CCOC)CC(C)C)N2CC. The van der Waals surface area contributed by atoms with Gasteiger partial charge >= 0.3 is 6.03 Å². The van der Waals surface area contributed by atoms with Gasteiger partial charge in [0.2, 0.25) is 0 Å². The van der Waals surface area contributed by atoms with E-state index in [4.69, 9.17) is 9.73 Å². The number of nitrogens with one attached hydrogen (secondary N) is 1. The number of ether oxygens (including phenoxy) is 1. The molecule has 2 heterocycles. The molecule has 0 aromatic heterocycles. The number of amidine groups is 1. The third kappa shape index (κ3) is 5.19. The Labute approximate surface area is 162 Å². The van der Waals surface area contributed by atoms with Crippen LogP contribution in [0, 0.1) is 5.92 Å². The maximum absolute atomic E-state index is 12.5. The van der Waals surface area contributed by atoms with Gasteiger partial charge in [-0.05, 0) is 19.3 Å². The first kappa shape index (κ1) is 21.6. The lowest BCUT2D eigenvalue weighted by Crippen LogP contribution is -2.65. The van der Waals surface area contributed by atoms with Gasteiger partial charge in [-0.2, -0.15) is 0 Å². The molecule has 0 saturated carbocycles. The van der Waals surface area contributed by atoms with Crippen LogP contribution in [0.4, 0.5) is 4.79 Å². The van der Waals surface area contributed by atoms with Crippen molar-refractivity contribution in [3.05, 3.63) is 0 Å². The molecule has 1 fully saturated rings. The van der Waals surface area contributed by atoms with Crippen molar-refractivity contribution in [1.82, 2.24) is 20.0 Å². The molecular formula is C19H35N5O3. The van der Waals surface area contributed by atoms with Gasteiger partial charge in [0.05, 0.1) is 13.2 Å². The summed E-state index contributed by atoms with van der Waals surface area (Å²) in [6.45, 7) is 12.8. The van der Waals surface area contributed by atoms with Gasteiger partial charge in [-0.3, -0.25) is 19.9 Å². The number of carbonyl (C=O) groups is 2. The van der Waals surface area contributed by atoms with Crippen LogP contribution < -0.4 is 5.32 Å². The Kier molecular flexibility index (Phi) is 8.04. The van der Waals surface area contributed by atoms with Crippen molar-refractivity contribution in [2.75, 3.05) is 46.4 Å². The van der Waals surface area contributed by atoms with Crippen LogP contribution in [0.5, 0.6) is 0 Å². The number of amides is 3. The number of imide groups is 1. The summed E-state index contributed by atoms with van der Waals surface area (Å²) >= 11 is 0. The summed E-state index contributed by atoms with van der Waals surface area (Å²) in [5.41, 5.74) is 0. The van der Waals surface area contributed by atoms with Gasteiger partial charge in [-0.25, -0.2) is 9.79 Å². The summed E-state index contributed by atoms with van der Waals surface area (Å²) < 4.78 is 5.25. The van der Waals surface area contributed by atoms with Crippen molar-refractivity contribution in [2.45, 2.75) is 52.7 Å². The van der Waals surface area contributed by atoms with Crippen molar-refractivity contribution in [1.29, 1.82) is 0 Å². The highest BCUT2D eigenvalue weighted by molar-refractivity contribution is 6.04. The molecule has 2 unspecified atom stereocenters. The van der Waals surface area contributed by atoms with Crippen molar-refractivity contribution in [3.63, 3.8) is 0 Å². The molecule has 2 aliphatic heterocycles. The van der Waals surface area contributed by atoms with Gasteiger partial charge in [-0.1, -0.05) is 27.2 Å². The normalized spacial score (nSPS) is 22.6. The van der Waals surface area contributed by atoms with Gasteiger partial charge in [0.25, 0.3) is 5.91 Å². The fourth-order valence-electron chi connectivity index (χ4n) is 3.75. The summed E-state index contributed by atoms with van der Waals surface area (Å²) in [5, 5.41) is 2.51. The zero-order chi connectivity index (χ0) is 20.0. The van der Waals surface area contributed by atoms with Crippen molar-refractivity contribution in [3.8, 4) is 0 Å². The van der Waals surface area contributed by atoms with Crippen molar-refractivity contribution < 1.29 is 14.3 Å². The Morgan fingerprint density at radius 2 is 2.00 bits per heavy atom. The minimum Gasteiger partial charge on any atom is -0.383 e. The lowest BCUT2D eigenvalue weighted by molar-refractivity contribution is -0.127. The Balaban J connectivity index is 2.22. The number of rotatable bonds is 11. The van der Waals surface area contributed by atoms with E-state index < -0.39 is 12.2 Å². The highest BCUT2D eigenvalue weighted by atomic mass is 16.5. The number of hydrogen-bond acceptors (Lipinski definition) is 6. The van der Waals surface area contributed by atoms with E-state index in [0.29, 0.717) is 32.2 Å². The zero-order valence-corrected chi connectivity index (χ0v) is 17.4. The molecular weight excluding hydrogens is 346 g/mol. The van der Waals surface area contributed by atoms with E-state index in [0.717, 1.165) is 31.8 Å². The number of aliphatic imine (C=N–C) groups is 1. The summed E-state index contributed by atoms with van der Waals surface area (Å²) in [6, 6.07) is -0.753. The van der Waals surface area contributed by atoms with Crippen LogP contribution in [-0.4, -0.2) is 91.1 Å². The molecule has 2 atom stereocenters. The first-order valence-corrected chi connectivity index (χ1v) is 10.1. The number of fused-ring (bicyclic) bond motifs is 1. The van der Waals surface area contributed by atoms with E-state index in [1.807, 2.05) is 11.8 Å². The highest BCUT2D eigenvalue weighted by Crippen LogP contribution is 2.25. The number of hydrogen-bond donors (Lipinski definition) is 1. The third-order valence-electron chi connectivity index (χ3n) is 5.00. The second kappa shape index (κ2) is 10.0. The zero-order valence-electron chi connectivity index (χ0n) is 17.4. The molecule has 8 nitrogen and oxygen atoms in total. The van der Waals surface area contributed by atoms with Gasteiger partial charge in [0.15, 0.2) is 12.2 Å². The molecule has 154 valence electrons. The number of unbranched alkanes of at least 4 members (excludes halogenated alkanes) is 1. The minimum atomic E-state index is -0.428. The van der Waals surface area contributed by atoms with Crippen LogP contribution in [0.25, 0.3) is 0 Å². The van der Waals surface area contributed by atoms with Crippen LogP contribution in [-0.2, 0) is 9.53 Å². The molecule has 0 spiro atoms. The predicted molar refractivity (Wildman–Crippen MR) is 106 cm³/mol. The Bertz CT molecular complexity index is 551. The first-order valence-electron chi connectivity index (χ1n) is 10.1. The van der Waals surface area contributed by atoms with E-state index in [1.54, 1.807) is 12.0 Å². The van der Waals surface area contributed by atoms with Crippen molar-refractivity contribution >= 4 is 17.8 Å². The van der Waals surface area contributed by atoms with E-state index in [2.05, 4.69) is 31.0 Å². The molecule has 0 aliphatic carbocycles. The fourth-order valence-corrected chi connectivity index (χ4v) is 3.75. The van der Waals surface area contributed by atoms with Crippen LogP contribution >= 0.6 is 0 Å². The summed E-state index contributed by atoms with van der Waals surface area (Å²) in [4.78, 5) is 35.8. The molecule has 3 amide bonds. The van der Waals surface area contributed by atoms with E-state index in [-0.39, 0.29) is 11.9 Å². The maximum Gasteiger partial charge on any atom is 0.325 e. The molecule has 0 radical (unpaired) electrons. The molecule has 1 saturated heterocycles. The number of methoxy groups -OCH3 is 1. The summed E-state index contributed by atoms with van der Waals surface area (Å²) in [5.74, 6) is 1.16. The maximum atomic E-state index is 12.5. The third-order valence-corrected chi connectivity index (χ3v) is 5.00. The molecule has 2 aliphatic rings. The molecule has 2 rings (SSSR count). The average Bonchev–Trinajstić information content (AvgIpc) is 2.97. The van der Waals surface area contributed by atoms with Crippen LogP contribution in [0.2, 0.25) is 0 Å². The fraction of sp³-hybridized carbons (Fsp3) is 0.842. The molecule has 8 heteroatoms. The number of carbonyl (C=O) groups excluding carboxylic acids is 2. The van der Waals surface area contributed by atoms with Gasteiger partial charge in [0.1, 0.15) is 5.84 Å². The second-order valence-corrected chi connectivity index (χ2v) is 7.65. The topological polar surface area (TPSA) is 77.5 Å². The average molecular weight is 382 g/mol.